The highest BCUT2D eigenvalue weighted by molar-refractivity contribution is 6.31. The first-order valence-corrected chi connectivity index (χ1v) is 6.14. The summed E-state index contributed by atoms with van der Waals surface area (Å²) in [5.74, 6) is 0.180. The van der Waals surface area contributed by atoms with Crippen LogP contribution in [-0.4, -0.2) is 12.5 Å². The Balaban J connectivity index is 2.64. The third kappa shape index (κ3) is 4.36. The average molecular weight is 266 g/mol. The van der Waals surface area contributed by atoms with Gasteiger partial charge < -0.3 is 11.1 Å². The molecule has 0 aliphatic heterocycles. The number of amides is 1. The zero-order chi connectivity index (χ0) is 13.5. The molecule has 0 aromatic heterocycles. The third-order valence-corrected chi connectivity index (χ3v) is 2.88. The van der Waals surface area contributed by atoms with Crippen molar-refractivity contribution in [3.8, 4) is 6.07 Å². The van der Waals surface area contributed by atoms with E-state index in [1.807, 2.05) is 13.0 Å². The minimum atomic E-state index is -0.130. The van der Waals surface area contributed by atoms with Crippen molar-refractivity contribution in [2.24, 2.45) is 11.7 Å². The van der Waals surface area contributed by atoms with Gasteiger partial charge in [0.15, 0.2) is 0 Å². The second-order valence-electron chi connectivity index (χ2n) is 4.23. The quantitative estimate of drug-likeness (QED) is 0.859. The molecule has 96 valence electrons. The number of benzene rings is 1. The van der Waals surface area contributed by atoms with Gasteiger partial charge in [0.1, 0.15) is 6.07 Å². The SMILES string of the molecule is CC(CN)CCC(=O)Nc1cc(Cl)ccc1C#N. The van der Waals surface area contributed by atoms with E-state index in [9.17, 15) is 4.79 Å². The van der Waals surface area contributed by atoms with Crippen LogP contribution in [0.25, 0.3) is 0 Å². The van der Waals surface area contributed by atoms with E-state index in [0.717, 1.165) is 6.42 Å². The fraction of sp³-hybridized carbons (Fsp3) is 0.385. The number of nitrogens with zero attached hydrogens (tertiary/aromatic N) is 1. The lowest BCUT2D eigenvalue weighted by molar-refractivity contribution is -0.116. The van der Waals surface area contributed by atoms with Gasteiger partial charge >= 0.3 is 0 Å². The Hall–Kier alpha value is -1.57. The van der Waals surface area contributed by atoms with Crippen LogP contribution in [-0.2, 0) is 4.79 Å². The average Bonchev–Trinajstić information content (AvgIpc) is 2.36. The Bertz CT molecular complexity index is 468. The molecule has 0 aliphatic rings. The lowest BCUT2D eigenvalue weighted by Gasteiger charge is -2.10. The summed E-state index contributed by atoms with van der Waals surface area (Å²) in [5.41, 5.74) is 6.34. The predicted octanol–water partition coefficient (Wildman–Crippen LogP) is 2.53. The molecular weight excluding hydrogens is 250 g/mol. The molecule has 0 bridgehead atoms. The largest absolute Gasteiger partial charge is 0.330 e. The van der Waals surface area contributed by atoms with Crippen LogP contribution in [0, 0.1) is 17.2 Å². The Labute approximate surface area is 112 Å². The van der Waals surface area contributed by atoms with E-state index >= 15 is 0 Å². The summed E-state index contributed by atoms with van der Waals surface area (Å²) >= 11 is 5.83. The molecule has 18 heavy (non-hydrogen) atoms. The molecule has 1 rings (SSSR count). The molecule has 0 heterocycles. The van der Waals surface area contributed by atoms with Crippen molar-refractivity contribution in [3.63, 3.8) is 0 Å². The maximum absolute atomic E-state index is 11.7. The fourth-order valence-corrected chi connectivity index (χ4v) is 1.60. The minimum absolute atomic E-state index is 0.130. The van der Waals surface area contributed by atoms with E-state index in [2.05, 4.69) is 5.32 Å². The maximum atomic E-state index is 11.7. The van der Waals surface area contributed by atoms with Crippen molar-refractivity contribution in [2.75, 3.05) is 11.9 Å². The molecule has 0 saturated carbocycles. The van der Waals surface area contributed by atoms with E-state index in [0.29, 0.717) is 35.2 Å². The number of carbonyl (C=O) groups excluding carboxylic acids is 1. The van der Waals surface area contributed by atoms with Crippen molar-refractivity contribution in [1.29, 1.82) is 5.26 Å². The lowest BCUT2D eigenvalue weighted by Crippen LogP contribution is -2.16. The van der Waals surface area contributed by atoms with Crippen LogP contribution in [0.1, 0.15) is 25.3 Å². The summed E-state index contributed by atoms with van der Waals surface area (Å²) in [4.78, 5) is 11.7. The van der Waals surface area contributed by atoms with Crippen molar-refractivity contribution in [1.82, 2.24) is 0 Å². The molecule has 1 aromatic carbocycles. The van der Waals surface area contributed by atoms with Gasteiger partial charge in [-0.2, -0.15) is 5.26 Å². The molecule has 1 unspecified atom stereocenters. The number of hydrogen-bond acceptors (Lipinski definition) is 3. The predicted molar refractivity (Wildman–Crippen MR) is 72.2 cm³/mol. The Morgan fingerprint density at radius 2 is 2.33 bits per heavy atom. The molecule has 1 amide bonds. The van der Waals surface area contributed by atoms with Crippen LogP contribution in [0.3, 0.4) is 0 Å². The van der Waals surface area contributed by atoms with E-state index in [1.165, 1.54) is 0 Å². The summed E-state index contributed by atoms with van der Waals surface area (Å²) < 4.78 is 0. The van der Waals surface area contributed by atoms with Crippen molar-refractivity contribution in [3.05, 3.63) is 28.8 Å². The molecule has 0 saturated heterocycles. The Morgan fingerprint density at radius 1 is 1.61 bits per heavy atom. The first-order chi connectivity index (χ1) is 8.56. The summed E-state index contributed by atoms with van der Waals surface area (Å²) in [6.45, 7) is 2.56. The molecule has 0 spiro atoms. The number of halogens is 1. The van der Waals surface area contributed by atoms with Gasteiger partial charge in [-0.15, -0.1) is 0 Å². The number of hydrogen-bond donors (Lipinski definition) is 2. The number of rotatable bonds is 5. The zero-order valence-corrected chi connectivity index (χ0v) is 11.0. The van der Waals surface area contributed by atoms with Gasteiger partial charge in [-0.25, -0.2) is 0 Å². The third-order valence-electron chi connectivity index (χ3n) is 2.64. The molecule has 5 heteroatoms. The highest BCUT2D eigenvalue weighted by atomic mass is 35.5. The Morgan fingerprint density at radius 3 is 2.94 bits per heavy atom. The Kier molecular flexibility index (Phi) is 5.63. The number of anilines is 1. The fourth-order valence-electron chi connectivity index (χ4n) is 1.43. The van der Waals surface area contributed by atoms with Crippen LogP contribution in [0.2, 0.25) is 5.02 Å². The normalized spacial score (nSPS) is 11.7. The van der Waals surface area contributed by atoms with Crippen LogP contribution in [0.4, 0.5) is 5.69 Å². The number of nitrogens with one attached hydrogen (secondary N) is 1. The molecule has 3 N–H and O–H groups in total. The first-order valence-electron chi connectivity index (χ1n) is 5.76. The van der Waals surface area contributed by atoms with Crippen LogP contribution in [0.15, 0.2) is 18.2 Å². The van der Waals surface area contributed by atoms with Crippen LogP contribution in [0.5, 0.6) is 0 Å². The topological polar surface area (TPSA) is 78.9 Å². The monoisotopic (exact) mass is 265 g/mol. The second kappa shape index (κ2) is 7.00. The van der Waals surface area contributed by atoms with Gasteiger partial charge in [-0.3, -0.25) is 4.79 Å². The van der Waals surface area contributed by atoms with Crippen LogP contribution < -0.4 is 11.1 Å². The van der Waals surface area contributed by atoms with Gasteiger partial charge in [0.2, 0.25) is 5.91 Å². The van der Waals surface area contributed by atoms with Crippen LogP contribution >= 0.6 is 11.6 Å². The molecule has 0 fully saturated rings. The van der Waals surface area contributed by atoms with Gasteiger partial charge in [-0.1, -0.05) is 18.5 Å². The van der Waals surface area contributed by atoms with Gasteiger partial charge in [0.25, 0.3) is 0 Å². The number of nitriles is 1. The van der Waals surface area contributed by atoms with Crippen molar-refractivity contribution >= 4 is 23.2 Å². The summed E-state index contributed by atoms with van der Waals surface area (Å²) in [6, 6.07) is 6.79. The van der Waals surface area contributed by atoms with Crippen molar-refractivity contribution in [2.45, 2.75) is 19.8 Å². The zero-order valence-electron chi connectivity index (χ0n) is 10.2. The molecule has 0 radical (unpaired) electrons. The molecule has 0 aliphatic carbocycles. The van der Waals surface area contributed by atoms with E-state index in [-0.39, 0.29) is 5.91 Å². The van der Waals surface area contributed by atoms with Gasteiger partial charge in [0.05, 0.1) is 11.3 Å². The highest BCUT2D eigenvalue weighted by Crippen LogP contribution is 2.20. The summed E-state index contributed by atoms with van der Waals surface area (Å²) in [5, 5.41) is 12.1. The number of carbonyl (C=O) groups is 1. The maximum Gasteiger partial charge on any atom is 0.224 e. The molecule has 1 aromatic rings. The molecular formula is C13H16ClN3O. The molecule has 4 nitrogen and oxygen atoms in total. The minimum Gasteiger partial charge on any atom is -0.330 e. The first kappa shape index (κ1) is 14.5. The lowest BCUT2D eigenvalue weighted by atomic mass is 10.1. The van der Waals surface area contributed by atoms with E-state index < -0.39 is 0 Å². The summed E-state index contributed by atoms with van der Waals surface area (Å²) in [7, 11) is 0. The van der Waals surface area contributed by atoms with Gasteiger partial charge in [-0.05, 0) is 37.1 Å². The highest BCUT2D eigenvalue weighted by Gasteiger charge is 2.09. The van der Waals surface area contributed by atoms with Gasteiger partial charge in [0, 0.05) is 11.4 Å². The smallest absolute Gasteiger partial charge is 0.224 e. The summed E-state index contributed by atoms with van der Waals surface area (Å²) in [6.07, 6.45) is 1.11. The van der Waals surface area contributed by atoms with Crippen molar-refractivity contribution < 1.29 is 4.79 Å². The standard InChI is InChI=1S/C13H16ClN3O/c1-9(7-15)2-5-13(18)17-12-6-11(14)4-3-10(12)8-16/h3-4,6,9H,2,5,7,15H2,1H3,(H,17,18). The number of nitrogens with two attached hydrogens (primary N) is 1. The van der Waals surface area contributed by atoms with E-state index in [1.54, 1.807) is 18.2 Å². The van der Waals surface area contributed by atoms with E-state index in [4.69, 9.17) is 22.6 Å². The second-order valence-corrected chi connectivity index (χ2v) is 4.67. The molecule has 1 atom stereocenters.